The summed E-state index contributed by atoms with van der Waals surface area (Å²) >= 11 is 0. The van der Waals surface area contributed by atoms with Crippen LogP contribution in [-0.2, 0) is 4.79 Å². The van der Waals surface area contributed by atoms with E-state index in [-0.39, 0.29) is 24.0 Å². The van der Waals surface area contributed by atoms with Crippen LogP contribution in [0.4, 0.5) is 10.5 Å². The van der Waals surface area contributed by atoms with Crippen LogP contribution in [0.15, 0.2) is 48.5 Å². The Morgan fingerprint density at radius 2 is 1.33 bits per heavy atom. The summed E-state index contributed by atoms with van der Waals surface area (Å²) in [6, 6.07) is 15.3. The summed E-state index contributed by atoms with van der Waals surface area (Å²) in [7, 11) is 0. The Bertz CT molecular complexity index is 784. The van der Waals surface area contributed by atoms with Crippen LogP contribution in [-0.4, -0.2) is 11.9 Å². The molecule has 0 aliphatic carbocycles. The topological polar surface area (TPSA) is 70.2 Å². The van der Waals surface area contributed by atoms with Gasteiger partial charge in [0.05, 0.1) is 12.1 Å². The standard InChI is InChI=1S/C22H29N3O2/c1-14(2)18-9-11-19(12-10-18)15(3)23-22(27)24-16(4)20-7-6-8-21(13-20)25-17(5)26/h6-16H,1-5H3,(H,25,26)(H2,23,24,27)/t15-,16-/m0/s1. The van der Waals surface area contributed by atoms with Gasteiger partial charge in [-0.2, -0.15) is 0 Å². The molecule has 5 heteroatoms. The van der Waals surface area contributed by atoms with E-state index in [9.17, 15) is 9.59 Å². The van der Waals surface area contributed by atoms with Gasteiger partial charge in [-0.25, -0.2) is 4.79 Å². The van der Waals surface area contributed by atoms with Crippen molar-refractivity contribution in [2.75, 3.05) is 5.32 Å². The summed E-state index contributed by atoms with van der Waals surface area (Å²) in [4.78, 5) is 23.6. The van der Waals surface area contributed by atoms with E-state index in [2.05, 4.69) is 54.1 Å². The monoisotopic (exact) mass is 367 g/mol. The molecule has 0 radical (unpaired) electrons. The van der Waals surface area contributed by atoms with Crippen molar-refractivity contribution in [1.29, 1.82) is 0 Å². The van der Waals surface area contributed by atoms with Gasteiger partial charge in [0, 0.05) is 12.6 Å². The Hall–Kier alpha value is -2.82. The summed E-state index contributed by atoms with van der Waals surface area (Å²) in [5.41, 5.74) is 3.98. The highest BCUT2D eigenvalue weighted by Crippen LogP contribution is 2.20. The molecule has 5 nitrogen and oxygen atoms in total. The number of amides is 3. The molecule has 2 aromatic carbocycles. The van der Waals surface area contributed by atoms with Crippen LogP contribution in [0.2, 0.25) is 0 Å². The minimum Gasteiger partial charge on any atom is -0.332 e. The highest BCUT2D eigenvalue weighted by Gasteiger charge is 2.13. The van der Waals surface area contributed by atoms with Crippen molar-refractivity contribution in [2.24, 2.45) is 0 Å². The van der Waals surface area contributed by atoms with Gasteiger partial charge in [0.25, 0.3) is 0 Å². The first kappa shape index (κ1) is 20.5. The van der Waals surface area contributed by atoms with Crippen LogP contribution in [0.25, 0.3) is 0 Å². The fourth-order valence-electron chi connectivity index (χ4n) is 2.86. The zero-order chi connectivity index (χ0) is 20.0. The summed E-state index contributed by atoms with van der Waals surface area (Å²) in [5, 5.41) is 8.67. The van der Waals surface area contributed by atoms with E-state index >= 15 is 0 Å². The average molecular weight is 367 g/mol. The van der Waals surface area contributed by atoms with Crippen LogP contribution in [0.3, 0.4) is 0 Å². The SMILES string of the molecule is CC(=O)Nc1cccc([C@H](C)NC(=O)N[C@@H](C)c2ccc(C(C)C)cc2)c1. The maximum absolute atomic E-state index is 12.4. The highest BCUT2D eigenvalue weighted by atomic mass is 16.2. The molecule has 27 heavy (non-hydrogen) atoms. The number of carbonyl (C=O) groups excluding carboxylic acids is 2. The number of nitrogens with one attached hydrogen (secondary N) is 3. The van der Waals surface area contributed by atoms with Crippen LogP contribution >= 0.6 is 0 Å². The van der Waals surface area contributed by atoms with Crippen molar-refractivity contribution in [3.8, 4) is 0 Å². The second-order valence-corrected chi connectivity index (χ2v) is 7.19. The molecule has 0 aliphatic rings. The molecule has 2 rings (SSSR count). The van der Waals surface area contributed by atoms with Gasteiger partial charge in [0.1, 0.15) is 0 Å². The first-order valence-electron chi connectivity index (χ1n) is 9.30. The highest BCUT2D eigenvalue weighted by molar-refractivity contribution is 5.88. The first-order valence-corrected chi connectivity index (χ1v) is 9.30. The molecule has 0 saturated carbocycles. The van der Waals surface area contributed by atoms with Gasteiger partial charge >= 0.3 is 6.03 Å². The van der Waals surface area contributed by atoms with Crippen molar-refractivity contribution < 1.29 is 9.59 Å². The van der Waals surface area contributed by atoms with E-state index in [0.717, 1.165) is 11.1 Å². The lowest BCUT2D eigenvalue weighted by molar-refractivity contribution is -0.114. The van der Waals surface area contributed by atoms with Gasteiger partial charge < -0.3 is 16.0 Å². The largest absolute Gasteiger partial charge is 0.332 e. The summed E-state index contributed by atoms with van der Waals surface area (Å²) in [6.07, 6.45) is 0. The normalized spacial score (nSPS) is 13.0. The Balaban J connectivity index is 1.95. The van der Waals surface area contributed by atoms with Gasteiger partial charge in [0.2, 0.25) is 5.91 Å². The fourth-order valence-corrected chi connectivity index (χ4v) is 2.86. The molecule has 0 aliphatic heterocycles. The molecule has 0 saturated heterocycles. The van der Waals surface area contributed by atoms with Crippen LogP contribution in [0.1, 0.15) is 69.3 Å². The Morgan fingerprint density at radius 1 is 0.778 bits per heavy atom. The predicted molar refractivity (Wildman–Crippen MR) is 110 cm³/mol. The van der Waals surface area contributed by atoms with Crippen molar-refractivity contribution in [3.05, 3.63) is 65.2 Å². The van der Waals surface area contributed by atoms with E-state index in [4.69, 9.17) is 0 Å². The van der Waals surface area contributed by atoms with Gasteiger partial charge in [-0.15, -0.1) is 0 Å². The molecule has 0 unspecified atom stereocenters. The van der Waals surface area contributed by atoms with E-state index in [0.29, 0.717) is 11.6 Å². The van der Waals surface area contributed by atoms with E-state index in [1.165, 1.54) is 12.5 Å². The van der Waals surface area contributed by atoms with E-state index in [1.807, 2.05) is 38.1 Å². The number of carbonyl (C=O) groups is 2. The Labute approximate surface area is 161 Å². The van der Waals surface area contributed by atoms with Crippen LogP contribution < -0.4 is 16.0 Å². The maximum atomic E-state index is 12.4. The average Bonchev–Trinajstić information content (AvgIpc) is 2.61. The molecule has 0 aromatic heterocycles. The molecular weight excluding hydrogens is 338 g/mol. The molecule has 2 atom stereocenters. The number of rotatable bonds is 6. The second kappa shape index (κ2) is 9.21. The number of hydrogen-bond acceptors (Lipinski definition) is 2. The van der Waals surface area contributed by atoms with Gasteiger partial charge in [0.15, 0.2) is 0 Å². The van der Waals surface area contributed by atoms with Crippen LogP contribution in [0.5, 0.6) is 0 Å². The number of benzene rings is 2. The van der Waals surface area contributed by atoms with E-state index < -0.39 is 0 Å². The molecule has 0 heterocycles. The van der Waals surface area contributed by atoms with Crippen LogP contribution in [0, 0.1) is 0 Å². The number of urea groups is 1. The third-order valence-corrected chi connectivity index (χ3v) is 4.51. The van der Waals surface area contributed by atoms with Crippen molar-refractivity contribution >= 4 is 17.6 Å². The minimum atomic E-state index is -0.229. The first-order chi connectivity index (χ1) is 12.8. The summed E-state index contributed by atoms with van der Waals surface area (Å²) < 4.78 is 0. The van der Waals surface area contributed by atoms with Crippen molar-refractivity contribution in [1.82, 2.24) is 10.6 Å². The number of anilines is 1. The molecule has 0 bridgehead atoms. The fraction of sp³-hybridized carbons (Fsp3) is 0.364. The third-order valence-electron chi connectivity index (χ3n) is 4.51. The smallest absolute Gasteiger partial charge is 0.315 e. The van der Waals surface area contributed by atoms with Gasteiger partial charge in [-0.3, -0.25) is 4.79 Å². The Morgan fingerprint density at radius 3 is 1.89 bits per heavy atom. The minimum absolute atomic E-state index is 0.0934. The maximum Gasteiger partial charge on any atom is 0.315 e. The van der Waals surface area contributed by atoms with E-state index in [1.54, 1.807) is 0 Å². The molecule has 3 amide bonds. The predicted octanol–water partition coefficient (Wildman–Crippen LogP) is 4.89. The molecular formula is C22H29N3O2. The molecule has 144 valence electrons. The van der Waals surface area contributed by atoms with Crippen molar-refractivity contribution in [3.63, 3.8) is 0 Å². The molecule has 0 spiro atoms. The molecule has 2 aromatic rings. The zero-order valence-electron chi connectivity index (χ0n) is 16.7. The quantitative estimate of drug-likeness (QED) is 0.680. The summed E-state index contributed by atoms with van der Waals surface area (Å²) in [6.45, 7) is 9.66. The summed E-state index contributed by atoms with van der Waals surface area (Å²) in [5.74, 6) is 0.363. The number of hydrogen-bond donors (Lipinski definition) is 3. The third kappa shape index (κ3) is 6.13. The lowest BCUT2D eigenvalue weighted by atomic mass is 10.00. The molecule has 0 fully saturated rings. The second-order valence-electron chi connectivity index (χ2n) is 7.19. The lowest BCUT2D eigenvalue weighted by Gasteiger charge is -2.19. The van der Waals surface area contributed by atoms with Crippen molar-refractivity contribution in [2.45, 2.75) is 52.6 Å². The van der Waals surface area contributed by atoms with Gasteiger partial charge in [-0.1, -0.05) is 50.2 Å². The lowest BCUT2D eigenvalue weighted by Crippen LogP contribution is -2.38. The molecule has 3 N–H and O–H groups in total. The Kier molecular flexibility index (Phi) is 6.99. The zero-order valence-corrected chi connectivity index (χ0v) is 16.7. The van der Waals surface area contributed by atoms with Gasteiger partial charge in [-0.05, 0) is 48.6 Å².